The van der Waals surface area contributed by atoms with Gasteiger partial charge in [0.15, 0.2) is 0 Å². The van der Waals surface area contributed by atoms with Crippen molar-refractivity contribution in [1.29, 1.82) is 0 Å². The van der Waals surface area contributed by atoms with Gasteiger partial charge >= 0.3 is 0 Å². The van der Waals surface area contributed by atoms with Crippen LogP contribution in [0, 0.1) is 0 Å². The normalized spacial score (nSPS) is 9.65. The van der Waals surface area contributed by atoms with Crippen molar-refractivity contribution in [1.82, 2.24) is 0 Å². The number of aliphatic imine (C=N–C) groups is 1. The molecule has 20 heavy (non-hydrogen) atoms. The van der Waals surface area contributed by atoms with Crippen molar-refractivity contribution in [2.75, 3.05) is 5.32 Å². The topological polar surface area (TPSA) is 58.5 Å². The van der Waals surface area contributed by atoms with E-state index in [1.165, 1.54) is 13.0 Å². The monoisotopic (exact) mass is 266 g/mol. The first kappa shape index (κ1) is 13.7. The molecule has 0 aromatic heterocycles. The third-order valence-electron chi connectivity index (χ3n) is 2.79. The van der Waals surface area contributed by atoms with Crippen LogP contribution in [0.3, 0.4) is 0 Å². The van der Waals surface area contributed by atoms with Crippen molar-refractivity contribution in [2.45, 2.75) is 13.3 Å². The maximum Gasteiger partial charge on any atom is 0.240 e. The average molecular weight is 266 g/mol. The van der Waals surface area contributed by atoms with E-state index < -0.39 is 0 Å². The molecule has 0 heterocycles. The molecule has 100 valence electrons. The number of hydrogen-bond donors (Lipinski definition) is 1. The Kier molecular flexibility index (Phi) is 4.43. The van der Waals surface area contributed by atoms with Crippen LogP contribution >= 0.6 is 0 Å². The summed E-state index contributed by atoms with van der Waals surface area (Å²) in [6.07, 6.45) is 2.30. The molecule has 0 spiro atoms. The highest BCUT2D eigenvalue weighted by atomic mass is 16.1. The van der Waals surface area contributed by atoms with E-state index >= 15 is 0 Å². The fourth-order valence-electron chi connectivity index (χ4n) is 1.89. The smallest absolute Gasteiger partial charge is 0.240 e. The summed E-state index contributed by atoms with van der Waals surface area (Å²) in [6, 6.07) is 15.1. The van der Waals surface area contributed by atoms with Gasteiger partial charge in [0.25, 0.3) is 0 Å². The van der Waals surface area contributed by atoms with Gasteiger partial charge in [-0.15, -0.1) is 0 Å². The van der Waals surface area contributed by atoms with Gasteiger partial charge in [-0.05, 0) is 41.8 Å². The second kappa shape index (κ2) is 6.45. The Balaban J connectivity index is 2.05. The Labute approximate surface area is 117 Å². The molecule has 0 atom stereocenters. The lowest BCUT2D eigenvalue weighted by Crippen LogP contribution is -2.05. The summed E-state index contributed by atoms with van der Waals surface area (Å²) in [6.45, 7) is 1.48. The first-order chi connectivity index (χ1) is 9.67. The summed E-state index contributed by atoms with van der Waals surface area (Å²) >= 11 is 0. The van der Waals surface area contributed by atoms with Crippen molar-refractivity contribution in [3.63, 3.8) is 0 Å². The second-order valence-electron chi connectivity index (χ2n) is 4.42. The van der Waals surface area contributed by atoms with Gasteiger partial charge in [-0.25, -0.2) is 4.79 Å². The predicted octanol–water partition coefficient (Wildman–Crippen LogP) is 3.20. The lowest BCUT2D eigenvalue weighted by molar-refractivity contribution is -0.114. The van der Waals surface area contributed by atoms with Gasteiger partial charge in [-0.2, -0.15) is 4.99 Å². The van der Waals surface area contributed by atoms with E-state index in [0.717, 1.165) is 23.2 Å². The molecule has 1 N–H and O–H groups in total. The molecule has 0 saturated carbocycles. The van der Waals surface area contributed by atoms with Gasteiger partial charge in [-0.3, -0.25) is 4.79 Å². The van der Waals surface area contributed by atoms with Gasteiger partial charge < -0.3 is 5.32 Å². The number of isocyanates is 1. The first-order valence-electron chi connectivity index (χ1n) is 6.21. The maximum atomic E-state index is 10.9. The Hall–Kier alpha value is -2.71. The zero-order valence-electron chi connectivity index (χ0n) is 11.1. The number of amides is 1. The molecule has 0 aliphatic heterocycles. The highest BCUT2D eigenvalue weighted by Gasteiger charge is 1.99. The van der Waals surface area contributed by atoms with Gasteiger partial charge in [0.05, 0.1) is 5.69 Å². The number of carbonyl (C=O) groups excluding carboxylic acids is 2. The SMILES string of the molecule is CC(=O)Nc1ccc(Cc2ccc(N=C=O)cc2)cc1. The van der Waals surface area contributed by atoms with Crippen LogP contribution in [-0.2, 0) is 16.0 Å². The quantitative estimate of drug-likeness (QED) is 0.682. The zero-order valence-corrected chi connectivity index (χ0v) is 11.1. The van der Waals surface area contributed by atoms with Crippen LogP contribution in [0.1, 0.15) is 18.1 Å². The maximum absolute atomic E-state index is 10.9. The largest absolute Gasteiger partial charge is 0.326 e. The molecular formula is C16H14N2O2. The fourth-order valence-corrected chi connectivity index (χ4v) is 1.89. The number of nitrogens with zero attached hydrogens (tertiary/aromatic N) is 1. The van der Waals surface area contributed by atoms with Crippen LogP contribution in [0.5, 0.6) is 0 Å². The highest BCUT2D eigenvalue weighted by Crippen LogP contribution is 2.17. The summed E-state index contributed by atoms with van der Waals surface area (Å²) in [5.74, 6) is -0.0796. The zero-order chi connectivity index (χ0) is 14.4. The lowest BCUT2D eigenvalue weighted by Gasteiger charge is -2.05. The first-order valence-corrected chi connectivity index (χ1v) is 6.21. The minimum absolute atomic E-state index is 0.0796. The third-order valence-corrected chi connectivity index (χ3v) is 2.79. The van der Waals surface area contributed by atoms with E-state index in [2.05, 4.69) is 10.3 Å². The average Bonchev–Trinajstić information content (AvgIpc) is 2.43. The van der Waals surface area contributed by atoms with Crippen LogP contribution in [0.25, 0.3) is 0 Å². The van der Waals surface area contributed by atoms with Crippen LogP contribution in [0.2, 0.25) is 0 Å². The Bertz CT molecular complexity index is 639. The molecule has 0 radical (unpaired) electrons. The summed E-state index contributed by atoms with van der Waals surface area (Å²) < 4.78 is 0. The third kappa shape index (κ3) is 3.90. The van der Waals surface area contributed by atoms with Crippen molar-refractivity contribution in [3.8, 4) is 0 Å². The molecule has 1 amide bonds. The van der Waals surface area contributed by atoms with E-state index in [9.17, 15) is 9.59 Å². The van der Waals surface area contributed by atoms with Crippen molar-refractivity contribution in [2.24, 2.45) is 4.99 Å². The Morgan fingerprint density at radius 1 is 1.05 bits per heavy atom. The summed E-state index contributed by atoms with van der Waals surface area (Å²) in [7, 11) is 0. The molecule has 0 aliphatic rings. The standard InChI is InChI=1S/C16H14N2O2/c1-12(20)18-16-8-4-14(5-9-16)10-13-2-6-15(7-3-13)17-11-19/h2-9H,10H2,1H3,(H,18,20). The number of carbonyl (C=O) groups is 1. The van der Waals surface area contributed by atoms with Crippen LogP contribution in [0.15, 0.2) is 53.5 Å². The summed E-state index contributed by atoms with van der Waals surface area (Å²) in [4.78, 5) is 24.6. The van der Waals surface area contributed by atoms with Crippen molar-refractivity contribution in [3.05, 3.63) is 59.7 Å². The molecule has 0 unspecified atom stereocenters. The van der Waals surface area contributed by atoms with E-state index in [-0.39, 0.29) is 5.91 Å². The number of hydrogen-bond acceptors (Lipinski definition) is 3. The fraction of sp³-hybridized carbons (Fsp3) is 0.125. The molecule has 4 nitrogen and oxygen atoms in total. The molecule has 0 fully saturated rings. The Morgan fingerprint density at radius 3 is 2.10 bits per heavy atom. The predicted molar refractivity (Wildman–Crippen MR) is 77.8 cm³/mol. The molecule has 2 aromatic rings. The van der Waals surface area contributed by atoms with Gasteiger partial charge in [-0.1, -0.05) is 24.3 Å². The summed E-state index contributed by atoms with van der Waals surface area (Å²) in [5, 5.41) is 2.73. The molecule has 0 bridgehead atoms. The highest BCUT2D eigenvalue weighted by molar-refractivity contribution is 5.88. The van der Waals surface area contributed by atoms with Gasteiger partial charge in [0.2, 0.25) is 12.0 Å². The van der Waals surface area contributed by atoms with E-state index in [4.69, 9.17) is 0 Å². The minimum atomic E-state index is -0.0796. The van der Waals surface area contributed by atoms with E-state index in [1.807, 2.05) is 36.4 Å². The van der Waals surface area contributed by atoms with Crippen molar-refractivity contribution < 1.29 is 9.59 Å². The van der Waals surface area contributed by atoms with E-state index in [1.54, 1.807) is 12.1 Å². The van der Waals surface area contributed by atoms with Gasteiger partial charge in [0, 0.05) is 12.6 Å². The van der Waals surface area contributed by atoms with Gasteiger partial charge in [0.1, 0.15) is 0 Å². The molecular weight excluding hydrogens is 252 g/mol. The number of nitrogens with one attached hydrogen (secondary N) is 1. The second-order valence-corrected chi connectivity index (χ2v) is 4.42. The van der Waals surface area contributed by atoms with Crippen molar-refractivity contribution >= 4 is 23.4 Å². The van der Waals surface area contributed by atoms with Crippen LogP contribution in [0.4, 0.5) is 11.4 Å². The lowest BCUT2D eigenvalue weighted by atomic mass is 10.0. The molecule has 0 saturated heterocycles. The number of rotatable bonds is 4. The minimum Gasteiger partial charge on any atom is -0.326 e. The molecule has 2 aromatic carbocycles. The molecule has 4 heteroatoms. The Morgan fingerprint density at radius 2 is 1.60 bits per heavy atom. The summed E-state index contributed by atoms with van der Waals surface area (Å²) in [5.41, 5.74) is 3.66. The van der Waals surface area contributed by atoms with Crippen LogP contribution in [-0.4, -0.2) is 12.0 Å². The number of benzene rings is 2. The molecule has 2 rings (SSSR count). The van der Waals surface area contributed by atoms with E-state index in [0.29, 0.717) is 5.69 Å². The van der Waals surface area contributed by atoms with Crippen LogP contribution < -0.4 is 5.32 Å². The molecule has 0 aliphatic carbocycles. The number of anilines is 1.